The second-order valence-corrected chi connectivity index (χ2v) is 4.13. The van der Waals surface area contributed by atoms with Gasteiger partial charge in [0.25, 0.3) is 0 Å². The van der Waals surface area contributed by atoms with Gasteiger partial charge in [-0.3, -0.25) is 4.79 Å². The number of carbonyl (C=O) groups excluding carboxylic acids is 1. The number of hydrogen-bond donors (Lipinski definition) is 1. The second kappa shape index (κ2) is 6.82. The van der Waals surface area contributed by atoms with Gasteiger partial charge in [-0.05, 0) is 19.9 Å². The van der Waals surface area contributed by atoms with Crippen molar-refractivity contribution in [1.82, 2.24) is 4.98 Å². The molecule has 0 bridgehead atoms. The maximum atomic E-state index is 11.3. The van der Waals surface area contributed by atoms with Gasteiger partial charge < -0.3 is 10.1 Å². The van der Waals surface area contributed by atoms with E-state index in [1.165, 1.54) is 12.3 Å². The number of nitrogens with zero attached hydrogens (tertiary/aromatic N) is 2. The highest BCUT2D eigenvalue weighted by molar-refractivity contribution is 6.33. The van der Waals surface area contributed by atoms with Gasteiger partial charge in [-0.1, -0.05) is 11.6 Å². The van der Waals surface area contributed by atoms with Crippen LogP contribution in [-0.2, 0) is 9.53 Å². The van der Waals surface area contributed by atoms with Crippen LogP contribution in [0.4, 0.5) is 5.82 Å². The van der Waals surface area contributed by atoms with Crippen molar-refractivity contribution in [3.05, 3.63) is 22.8 Å². The van der Waals surface area contributed by atoms with Crippen molar-refractivity contribution in [2.24, 2.45) is 0 Å². The summed E-state index contributed by atoms with van der Waals surface area (Å²) in [5.41, 5.74) is 0.392. The zero-order valence-electron chi connectivity index (χ0n) is 10.2. The van der Waals surface area contributed by atoms with Gasteiger partial charge >= 0.3 is 5.97 Å². The van der Waals surface area contributed by atoms with Crippen molar-refractivity contribution >= 4 is 23.4 Å². The average Bonchev–Trinajstić information content (AvgIpc) is 2.31. The highest BCUT2D eigenvalue weighted by Crippen LogP contribution is 2.20. The molecule has 0 aliphatic heterocycles. The van der Waals surface area contributed by atoms with E-state index in [0.29, 0.717) is 23.0 Å². The molecule has 0 amide bonds. The Morgan fingerprint density at radius 3 is 3.00 bits per heavy atom. The summed E-state index contributed by atoms with van der Waals surface area (Å²) >= 11 is 5.96. The van der Waals surface area contributed by atoms with E-state index in [9.17, 15) is 4.79 Å². The highest BCUT2D eigenvalue weighted by Gasteiger charge is 2.12. The fourth-order valence-corrected chi connectivity index (χ4v) is 1.58. The van der Waals surface area contributed by atoms with Crippen LogP contribution >= 0.6 is 11.6 Å². The van der Waals surface area contributed by atoms with E-state index in [1.54, 1.807) is 6.92 Å². The molecule has 1 aromatic heterocycles. The molecule has 6 heteroatoms. The molecule has 18 heavy (non-hydrogen) atoms. The number of pyridine rings is 1. The number of aromatic nitrogens is 1. The summed E-state index contributed by atoms with van der Waals surface area (Å²) < 4.78 is 4.84. The van der Waals surface area contributed by atoms with Crippen molar-refractivity contribution < 1.29 is 9.53 Å². The van der Waals surface area contributed by atoms with Gasteiger partial charge in [-0.15, -0.1) is 0 Å². The van der Waals surface area contributed by atoms with E-state index in [2.05, 4.69) is 10.3 Å². The maximum absolute atomic E-state index is 11.3. The zero-order valence-corrected chi connectivity index (χ0v) is 11.0. The van der Waals surface area contributed by atoms with Crippen LogP contribution in [-0.4, -0.2) is 23.6 Å². The van der Waals surface area contributed by atoms with E-state index < -0.39 is 0 Å². The van der Waals surface area contributed by atoms with Crippen LogP contribution in [0.3, 0.4) is 0 Å². The fraction of sp³-hybridized carbons (Fsp3) is 0.417. The second-order valence-electron chi connectivity index (χ2n) is 3.72. The van der Waals surface area contributed by atoms with Crippen LogP contribution in [0.2, 0.25) is 5.02 Å². The monoisotopic (exact) mass is 267 g/mol. The predicted molar refractivity (Wildman–Crippen MR) is 68.3 cm³/mol. The molecule has 0 aliphatic rings. The summed E-state index contributed by atoms with van der Waals surface area (Å²) in [6.07, 6.45) is 1.65. The molecule has 0 spiro atoms. The molecule has 1 unspecified atom stereocenters. The normalized spacial score (nSPS) is 11.4. The molecule has 0 saturated heterocycles. The van der Waals surface area contributed by atoms with Gasteiger partial charge in [-0.2, -0.15) is 5.26 Å². The summed E-state index contributed by atoms with van der Waals surface area (Å²) in [5.74, 6) is 0.176. The molecule has 0 saturated carbocycles. The largest absolute Gasteiger partial charge is 0.466 e. The molecule has 0 fully saturated rings. The first-order valence-corrected chi connectivity index (χ1v) is 5.92. The van der Waals surface area contributed by atoms with Gasteiger partial charge in [0.05, 0.1) is 23.6 Å². The van der Waals surface area contributed by atoms with E-state index in [4.69, 9.17) is 21.6 Å². The molecule has 1 rings (SSSR count). The lowest BCUT2D eigenvalue weighted by Crippen LogP contribution is -2.21. The van der Waals surface area contributed by atoms with Crippen LogP contribution in [0.25, 0.3) is 0 Å². The first-order chi connectivity index (χ1) is 8.56. The number of ether oxygens (including phenoxy) is 1. The maximum Gasteiger partial charge on any atom is 0.307 e. The van der Waals surface area contributed by atoms with E-state index in [0.717, 1.165) is 0 Å². The Hall–Kier alpha value is -1.80. The lowest BCUT2D eigenvalue weighted by atomic mass is 10.2. The van der Waals surface area contributed by atoms with Gasteiger partial charge in [0, 0.05) is 12.2 Å². The molecule has 96 valence electrons. The SMILES string of the molecule is CCOC(=O)CC(C)Nc1ncc(C#N)cc1Cl. The minimum Gasteiger partial charge on any atom is -0.466 e. The topological polar surface area (TPSA) is 75.0 Å². The fourth-order valence-electron chi connectivity index (χ4n) is 1.36. The van der Waals surface area contributed by atoms with E-state index >= 15 is 0 Å². The summed E-state index contributed by atoms with van der Waals surface area (Å²) in [4.78, 5) is 15.3. The zero-order chi connectivity index (χ0) is 13.5. The number of nitriles is 1. The predicted octanol–water partition coefficient (Wildman–Crippen LogP) is 2.36. The quantitative estimate of drug-likeness (QED) is 0.829. The first-order valence-electron chi connectivity index (χ1n) is 5.54. The molecule has 5 nitrogen and oxygen atoms in total. The van der Waals surface area contributed by atoms with Crippen LogP contribution in [0, 0.1) is 11.3 Å². The molecule has 0 aliphatic carbocycles. The van der Waals surface area contributed by atoms with E-state index in [1.807, 2.05) is 13.0 Å². The Morgan fingerprint density at radius 1 is 1.72 bits per heavy atom. The molecular weight excluding hydrogens is 254 g/mol. The Labute approximate surface area is 111 Å². The number of anilines is 1. The lowest BCUT2D eigenvalue weighted by Gasteiger charge is -2.14. The van der Waals surface area contributed by atoms with Crippen molar-refractivity contribution in [2.75, 3.05) is 11.9 Å². The third-order valence-corrected chi connectivity index (χ3v) is 2.42. The smallest absolute Gasteiger partial charge is 0.307 e. The Bertz CT molecular complexity index is 471. The number of hydrogen-bond acceptors (Lipinski definition) is 5. The minimum absolute atomic E-state index is 0.151. The molecule has 1 aromatic rings. The summed E-state index contributed by atoms with van der Waals surface area (Å²) in [5, 5.41) is 12.0. The molecule has 1 atom stereocenters. The first kappa shape index (κ1) is 14.3. The van der Waals surface area contributed by atoms with Crippen LogP contribution in [0.5, 0.6) is 0 Å². The minimum atomic E-state index is -0.276. The van der Waals surface area contributed by atoms with Crippen LogP contribution < -0.4 is 5.32 Å². The molecule has 1 N–H and O–H groups in total. The van der Waals surface area contributed by atoms with Gasteiger partial charge in [-0.25, -0.2) is 4.98 Å². The third-order valence-electron chi connectivity index (χ3n) is 2.13. The number of rotatable bonds is 5. The lowest BCUT2D eigenvalue weighted by molar-refractivity contribution is -0.143. The summed E-state index contributed by atoms with van der Waals surface area (Å²) in [6, 6.07) is 3.32. The average molecular weight is 268 g/mol. The van der Waals surface area contributed by atoms with Crippen molar-refractivity contribution in [3.63, 3.8) is 0 Å². The molecule has 0 radical (unpaired) electrons. The van der Waals surface area contributed by atoms with Crippen LogP contribution in [0.15, 0.2) is 12.3 Å². The highest BCUT2D eigenvalue weighted by atomic mass is 35.5. The number of halogens is 1. The van der Waals surface area contributed by atoms with Gasteiger partial charge in [0.15, 0.2) is 0 Å². The Kier molecular flexibility index (Phi) is 5.40. The van der Waals surface area contributed by atoms with Crippen molar-refractivity contribution in [1.29, 1.82) is 5.26 Å². The van der Waals surface area contributed by atoms with Gasteiger partial charge in [0.2, 0.25) is 0 Å². The molecule has 1 heterocycles. The molecule has 0 aromatic carbocycles. The van der Waals surface area contributed by atoms with Crippen LogP contribution in [0.1, 0.15) is 25.8 Å². The Balaban J connectivity index is 2.62. The Morgan fingerprint density at radius 2 is 2.44 bits per heavy atom. The van der Waals surface area contributed by atoms with E-state index in [-0.39, 0.29) is 18.4 Å². The van der Waals surface area contributed by atoms with Crippen molar-refractivity contribution in [3.8, 4) is 6.07 Å². The summed E-state index contributed by atoms with van der Waals surface area (Å²) in [7, 11) is 0. The standard InChI is InChI=1S/C12H14ClN3O2/c1-3-18-11(17)4-8(2)16-12-10(13)5-9(6-14)7-15-12/h5,7-8H,3-4H2,1-2H3,(H,15,16). The number of carbonyl (C=O) groups is 1. The van der Waals surface area contributed by atoms with Crippen molar-refractivity contribution in [2.45, 2.75) is 26.3 Å². The third kappa shape index (κ3) is 4.22. The summed E-state index contributed by atoms with van der Waals surface area (Å²) in [6.45, 7) is 3.95. The molecular formula is C12H14ClN3O2. The van der Waals surface area contributed by atoms with Gasteiger partial charge in [0.1, 0.15) is 11.9 Å². The number of esters is 1. The number of nitrogens with one attached hydrogen (secondary N) is 1.